The Hall–Kier alpha value is -0.340. The number of hydrogen-bond acceptors (Lipinski definition) is 3. The van der Waals surface area contributed by atoms with Gasteiger partial charge in [-0.05, 0) is 33.7 Å². The molecule has 0 heterocycles. The highest BCUT2D eigenvalue weighted by Crippen LogP contribution is 2.22. The first-order valence-corrected chi connectivity index (χ1v) is 7.80. The second kappa shape index (κ2) is 7.44. The van der Waals surface area contributed by atoms with E-state index in [9.17, 15) is 21.6 Å². The lowest BCUT2D eigenvalue weighted by Gasteiger charge is -2.29. The van der Waals surface area contributed by atoms with Crippen LogP contribution in [-0.2, 0) is 10.0 Å². The number of rotatable bonds is 8. The van der Waals surface area contributed by atoms with E-state index in [1.54, 1.807) is 0 Å². The zero-order valence-electron chi connectivity index (χ0n) is 11.8. The second-order valence-corrected chi connectivity index (χ2v) is 7.12. The fourth-order valence-corrected chi connectivity index (χ4v) is 3.27. The van der Waals surface area contributed by atoms with Crippen LogP contribution in [-0.4, -0.2) is 49.8 Å². The van der Waals surface area contributed by atoms with Gasteiger partial charge in [-0.2, -0.15) is 17.5 Å². The van der Waals surface area contributed by atoms with E-state index in [2.05, 4.69) is 5.32 Å². The van der Waals surface area contributed by atoms with Crippen LogP contribution in [0.4, 0.5) is 13.2 Å². The minimum absolute atomic E-state index is 0.150. The summed E-state index contributed by atoms with van der Waals surface area (Å²) in [5.41, 5.74) is 0. The zero-order valence-corrected chi connectivity index (χ0v) is 12.6. The Morgan fingerprint density at radius 3 is 2.11 bits per heavy atom. The summed E-state index contributed by atoms with van der Waals surface area (Å²) in [5, 5.41) is 2.03. The molecule has 0 radical (unpaired) electrons. The molecular formula is C11H23F3N2O2S. The molecule has 0 aliphatic rings. The van der Waals surface area contributed by atoms with Crippen molar-refractivity contribution >= 4 is 10.0 Å². The van der Waals surface area contributed by atoms with Crippen molar-refractivity contribution in [3.8, 4) is 0 Å². The molecule has 8 heteroatoms. The van der Waals surface area contributed by atoms with Crippen LogP contribution in [0.1, 0.15) is 34.1 Å². The maximum Gasteiger partial charge on any atom is 0.402 e. The van der Waals surface area contributed by atoms with E-state index in [-0.39, 0.29) is 6.54 Å². The minimum atomic E-state index is -4.53. The molecule has 0 spiro atoms. The summed E-state index contributed by atoms with van der Waals surface area (Å²) in [7, 11) is -3.96. The van der Waals surface area contributed by atoms with Gasteiger partial charge in [0.1, 0.15) is 6.54 Å². The molecule has 0 saturated heterocycles. The molecule has 0 amide bonds. The van der Waals surface area contributed by atoms with E-state index in [0.717, 1.165) is 6.42 Å². The smallest absolute Gasteiger partial charge is 0.315 e. The van der Waals surface area contributed by atoms with Crippen LogP contribution in [0.5, 0.6) is 0 Å². The first kappa shape index (κ1) is 18.7. The van der Waals surface area contributed by atoms with Gasteiger partial charge in [-0.3, -0.25) is 0 Å². The van der Waals surface area contributed by atoms with Gasteiger partial charge in [0, 0.05) is 12.6 Å². The first-order chi connectivity index (χ1) is 8.52. The van der Waals surface area contributed by atoms with Gasteiger partial charge in [-0.1, -0.05) is 6.92 Å². The Labute approximate surface area is 113 Å². The van der Waals surface area contributed by atoms with Gasteiger partial charge in [0.25, 0.3) is 0 Å². The summed E-state index contributed by atoms with van der Waals surface area (Å²) in [6.45, 7) is 5.58. The third-order valence-corrected chi connectivity index (χ3v) is 4.99. The van der Waals surface area contributed by atoms with Gasteiger partial charge >= 0.3 is 6.18 Å². The average molecular weight is 304 g/mol. The zero-order chi connectivity index (χ0) is 15.3. The third kappa shape index (κ3) is 6.58. The van der Waals surface area contributed by atoms with Gasteiger partial charge in [-0.15, -0.1) is 0 Å². The van der Waals surface area contributed by atoms with Crippen molar-refractivity contribution in [3.63, 3.8) is 0 Å². The van der Waals surface area contributed by atoms with E-state index >= 15 is 0 Å². The van der Waals surface area contributed by atoms with E-state index in [1.165, 1.54) is 20.8 Å². The molecule has 116 valence electrons. The quantitative estimate of drug-likeness (QED) is 0.698. The highest BCUT2D eigenvalue weighted by molar-refractivity contribution is 7.89. The summed E-state index contributed by atoms with van der Waals surface area (Å²) in [4.78, 5) is 0. The molecule has 0 aliphatic heterocycles. The molecular weight excluding hydrogens is 281 g/mol. The summed E-state index contributed by atoms with van der Waals surface area (Å²) in [5.74, 6) is 0. The largest absolute Gasteiger partial charge is 0.402 e. The fraction of sp³-hybridized carbons (Fsp3) is 1.00. The van der Waals surface area contributed by atoms with Crippen LogP contribution in [0.15, 0.2) is 0 Å². The normalized spacial score (nSPS) is 15.2. The van der Waals surface area contributed by atoms with Gasteiger partial charge in [0.05, 0.1) is 5.25 Å². The molecule has 1 atom stereocenters. The van der Waals surface area contributed by atoms with Crippen molar-refractivity contribution in [1.29, 1.82) is 0 Å². The monoisotopic (exact) mass is 304 g/mol. The maximum absolute atomic E-state index is 12.4. The summed E-state index contributed by atoms with van der Waals surface area (Å²) in [6.07, 6.45) is -3.70. The van der Waals surface area contributed by atoms with Crippen LogP contribution in [0.25, 0.3) is 0 Å². The van der Waals surface area contributed by atoms with Crippen molar-refractivity contribution in [1.82, 2.24) is 9.62 Å². The molecule has 1 N–H and O–H groups in total. The average Bonchev–Trinajstić information content (AvgIpc) is 2.24. The van der Waals surface area contributed by atoms with Gasteiger partial charge in [-0.25, -0.2) is 8.42 Å². The molecule has 1 unspecified atom stereocenters. The van der Waals surface area contributed by atoms with Crippen LogP contribution < -0.4 is 5.32 Å². The van der Waals surface area contributed by atoms with Gasteiger partial charge < -0.3 is 5.32 Å². The highest BCUT2D eigenvalue weighted by atomic mass is 32.2. The van der Waals surface area contributed by atoms with Gasteiger partial charge in [0.15, 0.2) is 0 Å². The molecule has 0 saturated carbocycles. The molecule has 0 fully saturated rings. The Morgan fingerprint density at radius 2 is 1.74 bits per heavy atom. The maximum atomic E-state index is 12.4. The van der Waals surface area contributed by atoms with Crippen molar-refractivity contribution in [2.45, 2.75) is 51.6 Å². The lowest BCUT2D eigenvalue weighted by atomic mass is 10.4. The minimum Gasteiger partial charge on any atom is -0.315 e. The van der Waals surface area contributed by atoms with Crippen molar-refractivity contribution in [2.24, 2.45) is 0 Å². The van der Waals surface area contributed by atoms with Crippen LogP contribution in [0, 0.1) is 0 Å². The first-order valence-electron chi connectivity index (χ1n) is 6.30. The van der Waals surface area contributed by atoms with Crippen molar-refractivity contribution in [2.75, 3.05) is 19.6 Å². The number of nitrogens with zero attached hydrogens (tertiary/aromatic N) is 1. The fourth-order valence-electron chi connectivity index (χ4n) is 1.56. The molecule has 0 aromatic rings. The van der Waals surface area contributed by atoms with Crippen molar-refractivity contribution in [3.05, 3.63) is 0 Å². The topological polar surface area (TPSA) is 49.4 Å². The van der Waals surface area contributed by atoms with Crippen LogP contribution >= 0.6 is 0 Å². The number of alkyl halides is 3. The predicted octanol–water partition coefficient (Wildman–Crippen LogP) is 1.98. The van der Waals surface area contributed by atoms with Crippen LogP contribution in [0.3, 0.4) is 0 Å². The number of hydrogen-bond donors (Lipinski definition) is 1. The standard InChI is InChI=1S/C11H23F3N2O2S/c1-5-6-15-7-10(4)19(17,18)16(9(2)3)8-11(12,13)14/h9-10,15H,5-8H2,1-4H3. The second-order valence-electron chi connectivity index (χ2n) is 4.81. The van der Waals surface area contributed by atoms with E-state index in [0.29, 0.717) is 10.8 Å². The summed E-state index contributed by atoms with van der Waals surface area (Å²) >= 11 is 0. The lowest BCUT2D eigenvalue weighted by molar-refractivity contribution is -0.138. The summed E-state index contributed by atoms with van der Waals surface area (Å²) in [6, 6.07) is -0.722. The highest BCUT2D eigenvalue weighted by Gasteiger charge is 2.39. The number of halogens is 3. The van der Waals surface area contributed by atoms with E-state index in [1.807, 2.05) is 6.92 Å². The van der Waals surface area contributed by atoms with E-state index < -0.39 is 34.0 Å². The molecule has 0 rings (SSSR count). The molecule has 4 nitrogen and oxygen atoms in total. The number of nitrogens with one attached hydrogen (secondary N) is 1. The number of sulfonamides is 1. The Bertz CT molecular complexity index is 355. The SMILES string of the molecule is CCCNCC(C)S(=O)(=O)N(CC(F)(F)F)C(C)C. The third-order valence-electron chi connectivity index (χ3n) is 2.61. The molecule has 0 aromatic carbocycles. The molecule has 0 aliphatic carbocycles. The van der Waals surface area contributed by atoms with Crippen LogP contribution in [0.2, 0.25) is 0 Å². The van der Waals surface area contributed by atoms with Gasteiger partial charge in [0.2, 0.25) is 10.0 Å². The molecule has 19 heavy (non-hydrogen) atoms. The Morgan fingerprint density at radius 1 is 1.21 bits per heavy atom. The Balaban J connectivity index is 4.89. The van der Waals surface area contributed by atoms with E-state index in [4.69, 9.17) is 0 Å². The lowest BCUT2D eigenvalue weighted by Crippen LogP contribution is -2.48. The molecule has 0 bridgehead atoms. The Kier molecular flexibility index (Phi) is 7.31. The predicted molar refractivity (Wildman–Crippen MR) is 69.4 cm³/mol. The molecule has 0 aromatic heterocycles. The van der Waals surface area contributed by atoms with Crippen molar-refractivity contribution < 1.29 is 21.6 Å². The summed E-state index contributed by atoms with van der Waals surface area (Å²) < 4.78 is 62.1.